The molecule has 36 heavy (non-hydrogen) atoms. The Hall–Kier alpha value is -1.86. The van der Waals surface area contributed by atoms with Gasteiger partial charge < -0.3 is 0 Å². The smallest absolute Gasteiger partial charge is 0.288 e. The number of allylic oxidation sites excluding steroid dienone is 4. The second-order valence-corrected chi connectivity index (χ2v) is 7.23. The van der Waals surface area contributed by atoms with Crippen LogP contribution in [0.15, 0.2) is 21.2 Å². The van der Waals surface area contributed by atoms with Crippen LogP contribution in [0.1, 0.15) is 0 Å². The van der Waals surface area contributed by atoms with Crippen LogP contribution < -0.4 is 0 Å². The molecule has 0 fully saturated rings. The van der Waals surface area contributed by atoms with E-state index in [4.69, 9.17) is 0 Å². The van der Waals surface area contributed by atoms with Crippen LogP contribution in [0.4, 0.5) is 79.0 Å². The van der Waals surface area contributed by atoms with Gasteiger partial charge in [0, 0.05) is 0 Å². The van der Waals surface area contributed by atoms with Crippen LogP contribution in [0.5, 0.6) is 0 Å². The first-order valence-electron chi connectivity index (χ1n) is 7.69. The highest BCUT2D eigenvalue weighted by Gasteiger charge is 2.85. The van der Waals surface area contributed by atoms with Crippen molar-refractivity contribution in [2.24, 2.45) is 0 Å². The van der Waals surface area contributed by atoms with E-state index in [0.29, 0.717) is 0 Å². The van der Waals surface area contributed by atoms with Gasteiger partial charge in [0.05, 0.1) is 11.1 Å². The lowest BCUT2D eigenvalue weighted by Crippen LogP contribution is -2.63. The van der Waals surface area contributed by atoms with Gasteiger partial charge in [0.2, 0.25) is 11.6 Å². The molecule has 1 rings (SSSR count). The Balaban J connectivity index is 3.89. The van der Waals surface area contributed by atoms with Gasteiger partial charge in [-0.05, 0) is 0 Å². The highest BCUT2D eigenvalue weighted by molar-refractivity contribution is 6.56. The Labute approximate surface area is 193 Å². The van der Waals surface area contributed by atoms with E-state index in [-0.39, 0.29) is 0 Å². The molecular weight excluding hydrogens is 613 g/mol. The maximum absolute atomic E-state index is 14.0. The first kappa shape index (κ1) is 32.2. The van der Waals surface area contributed by atoms with Crippen LogP contribution in [-0.2, 0) is 9.59 Å². The van der Waals surface area contributed by atoms with Crippen molar-refractivity contribution in [3.8, 4) is 0 Å². The lowest BCUT2D eigenvalue weighted by molar-refractivity contribution is -0.389. The number of hydrogen-bond donors (Lipinski definition) is 0. The molecule has 0 N–H and O–H groups in total. The Morgan fingerprint density at radius 1 is 0.389 bits per heavy atom. The lowest BCUT2D eigenvalue weighted by Gasteiger charge is -2.37. The van der Waals surface area contributed by atoms with Crippen LogP contribution in [0, 0.1) is 0 Å². The molecule has 0 aliphatic heterocycles. The molecule has 0 aromatic carbocycles. The number of carbonyl (C=O) groups is 2. The molecule has 0 heterocycles. The van der Waals surface area contributed by atoms with E-state index in [1.807, 2.05) is 0 Å². The summed E-state index contributed by atoms with van der Waals surface area (Å²) in [7, 11) is 0. The molecule has 22 heteroatoms. The van der Waals surface area contributed by atoms with E-state index in [9.17, 15) is 88.6 Å². The summed E-state index contributed by atoms with van der Waals surface area (Å²) in [5, 5.41) is -6.51. The first-order chi connectivity index (χ1) is 15.4. The van der Waals surface area contributed by atoms with E-state index >= 15 is 0 Å². The number of hydrogen-bond acceptors (Lipinski definition) is 2. The van der Waals surface area contributed by atoms with Crippen LogP contribution in [0.25, 0.3) is 0 Å². The van der Waals surface area contributed by atoms with Crippen molar-refractivity contribution in [1.29, 1.82) is 0 Å². The van der Waals surface area contributed by atoms with Gasteiger partial charge in [-0.3, -0.25) is 9.59 Å². The number of rotatable bonds is 6. The predicted molar refractivity (Wildman–Crippen MR) is 77.6 cm³/mol. The van der Waals surface area contributed by atoms with Gasteiger partial charge in [-0.1, -0.05) is 23.2 Å². The number of ketones is 2. The van der Waals surface area contributed by atoms with Crippen LogP contribution in [0.2, 0.25) is 0 Å². The molecule has 0 atom stereocenters. The summed E-state index contributed by atoms with van der Waals surface area (Å²) in [6.07, 6.45) is -15.1. The molecule has 0 saturated heterocycles. The van der Waals surface area contributed by atoms with Gasteiger partial charge in [0.25, 0.3) is 0 Å². The SMILES string of the molecule is O=C1C(Cl)=C(C(F)(F)C(F)(F)C(F)(F)C(F)(F)F)C(=O)C(Cl)=C1C(F)(F)C(F)(F)C(F)(F)C(F)(F)F. The largest absolute Gasteiger partial charge is 0.460 e. The molecule has 0 aromatic rings. The van der Waals surface area contributed by atoms with Crippen LogP contribution in [0.3, 0.4) is 0 Å². The summed E-state index contributed by atoms with van der Waals surface area (Å²) < 4.78 is 235. The highest BCUT2D eigenvalue weighted by atomic mass is 35.5. The van der Waals surface area contributed by atoms with Gasteiger partial charge in [-0.15, -0.1) is 0 Å². The van der Waals surface area contributed by atoms with E-state index in [1.165, 1.54) is 0 Å². The van der Waals surface area contributed by atoms with Crippen molar-refractivity contribution in [2.45, 2.75) is 47.9 Å². The summed E-state index contributed by atoms with van der Waals surface area (Å²) in [6, 6.07) is 0. The van der Waals surface area contributed by atoms with Crippen molar-refractivity contribution in [1.82, 2.24) is 0 Å². The Morgan fingerprint density at radius 3 is 0.750 bits per heavy atom. The summed E-state index contributed by atoms with van der Waals surface area (Å²) in [5.74, 6) is -52.9. The molecule has 0 spiro atoms. The van der Waals surface area contributed by atoms with Crippen LogP contribution in [-0.4, -0.2) is 59.5 Å². The average Bonchev–Trinajstić information content (AvgIpc) is 2.63. The number of carbonyl (C=O) groups excluding carboxylic acids is 2. The normalized spacial score (nSPS) is 18.4. The van der Waals surface area contributed by atoms with Gasteiger partial charge in [-0.25, -0.2) is 0 Å². The van der Waals surface area contributed by atoms with Gasteiger partial charge in [-0.2, -0.15) is 79.0 Å². The van der Waals surface area contributed by atoms with E-state index in [1.54, 1.807) is 0 Å². The minimum atomic E-state index is -7.80. The fourth-order valence-corrected chi connectivity index (χ4v) is 2.87. The molecule has 0 aromatic heterocycles. The minimum absolute atomic E-state index is 3.26. The molecule has 0 amide bonds. The molecule has 1 aliphatic rings. The Bertz CT molecular complexity index is 947. The lowest BCUT2D eigenvalue weighted by atomic mass is 9.83. The third kappa shape index (κ3) is 4.01. The van der Waals surface area contributed by atoms with Crippen molar-refractivity contribution in [3.63, 3.8) is 0 Å². The fraction of sp³-hybridized carbons (Fsp3) is 0.571. The van der Waals surface area contributed by atoms with E-state index in [0.717, 1.165) is 0 Å². The van der Waals surface area contributed by atoms with Gasteiger partial charge >= 0.3 is 47.9 Å². The van der Waals surface area contributed by atoms with Gasteiger partial charge in [0.15, 0.2) is 0 Å². The van der Waals surface area contributed by atoms with Gasteiger partial charge in [0.1, 0.15) is 10.1 Å². The summed E-state index contributed by atoms with van der Waals surface area (Å²) >= 11 is 9.18. The molecule has 0 unspecified atom stereocenters. The molecule has 2 nitrogen and oxygen atoms in total. The zero-order valence-corrected chi connectivity index (χ0v) is 16.9. The zero-order chi connectivity index (χ0) is 29.5. The monoisotopic (exact) mass is 612 g/mol. The number of halogens is 20. The fourth-order valence-electron chi connectivity index (χ4n) is 2.27. The first-order valence-corrected chi connectivity index (χ1v) is 8.44. The second kappa shape index (κ2) is 8.32. The number of alkyl halides is 18. The maximum Gasteiger partial charge on any atom is 0.460 e. The summed E-state index contributed by atoms with van der Waals surface area (Å²) in [5.41, 5.74) is -7.45. The molecular formula is C14Cl2F18O2. The van der Waals surface area contributed by atoms with Crippen molar-refractivity contribution in [3.05, 3.63) is 21.2 Å². The third-order valence-electron chi connectivity index (χ3n) is 4.21. The molecule has 1 aliphatic carbocycles. The van der Waals surface area contributed by atoms with Crippen molar-refractivity contribution < 1.29 is 88.6 Å². The van der Waals surface area contributed by atoms with E-state index in [2.05, 4.69) is 23.2 Å². The molecule has 0 radical (unpaired) electrons. The quantitative estimate of drug-likeness (QED) is 0.238. The van der Waals surface area contributed by atoms with Crippen molar-refractivity contribution in [2.75, 3.05) is 0 Å². The molecule has 0 saturated carbocycles. The standard InChI is InChI=1S/C14Cl2F18O2/c15-3-1(7(17,18)9(21,22)11(25,26)13(29,30)31)5(35)4(16)2(6(3)36)8(19,20)10(23,24)12(27,28)14(32,33)34. The maximum atomic E-state index is 14.0. The molecule has 208 valence electrons. The van der Waals surface area contributed by atoms with E-state index < -0.39 is 80.7 Å². The average molecular weight is 613 g/mol. The minimum Gasteiger partial charge on any atom is -0.288 e. The summed E-state index contributed by atoms with van der Waals surface area (Å²) in [6.45, 7) is 0. The van der Waals surface area contributed by atoms with Crippen LogP contribution >= 0.6 is 23.2 Å². The Kier molecular flexibility index (Phi) is 7.44. The second-order valence-electron chi connectivity index (χ2n) is 6.48. The predicted octanol–water partition coefficient (Wildman–Crippen LogP) is 7.06. The molecule has 0 bridgehead atoms. The number of Topliss-reactive ketones (excluding diaryl/α,β-unsaturated/α-hetero) is 2. The Morgan fingerprint density at radius 2 is 0.583 bits per heavy atom. The topological polar surface area (TPSA) is 34.1 Å². The zero-order valence-electron chi connectivity index (χ0n) is 15.4. The summed E-state index contributed by atoms with van der Waals surface area (Å²) in [4.78, 5) is 23.5. The third-order valence-corrected chi connectivity index (χ3v) is 4.93. The van der Waals surface area contributed by atoms with Crippen molar-refractivity contribution >= 4 is 34.8 Å². The highest BCUT2D eigenvalue weighted by Crippen LogP contribution is 2.60.